The molecule has 0 spiro atoms. The van der Waals surface area contributed by atoms with Crippen LogP contribution in [-0.4, -0.2) is 37.0 Å². The number of hydrogen-bond acceptors (Lipinski definition) is 6. The first-order valence-electron chi connectivity index (χ1n) is 6.73. The Morgan fingerprint density at radius 3 is 2.24 bits per heavy atom. The molecule has 0 aromatic heterocycles. The molecule has 0 aliphatic heterocycles. The summed E-state index contributed by atoms with van der Waals surface area (Å²) in [6, 6.07) is 5.26. The number of esters is 1. The number of hydrogen-bond donors (Lipinski definition) is 0. The van der Waals surface area contributed by atoms with Gasteiger partial charge in [0, 0.05) is 31.8 Å². The van der Waals surface area contributed by atoms with Gasteiger partial charge in [-0.15, -0.1) is 0 Å². The van der Waals surface area contributed by atoms with Crippen molar-refractivity contribution in [1.82, 2.24) is 0 Å². The zero-order valence-corrected chi connectivity index (χ0v) is 12.1. The van der Waals surface area contributed by atoms with E-state index in [0.29, 0.717) is 19.6 Å². The van der Waals surface area contributed by atoms with E-state index in [4.69, 9.17) is 14.2 Å². The second-order valence-electron chi connectivity index (χ2n) is 4.07. The van der Waals surface area contributed by atoms with E-state index in [2.05, 4.69) is 0 Å². The van der Waals surface area contributed by atoms with Gasteiger partial charge in [0.1, 0.15) is 0 Å². The van der Waals surface area contributed by atoms with E-state index in [9.17, 15) is 14.9 Å². The fourth-order valence-corrected chi connectivity index (χ4v) is 1.64. The van der Waals surface area contributed by atoms with E-state index in [0.717, 1.165) is 0 Å². The summed E-state index contributed by atoms with van der Waals surface area (Å²) in [5.41, 5.74) is 0.198. The Morgan fingerprint density at radius 2 is 1.76 bits per heavy atom. The zero-order valence-electron chi connectivity index (χ0n) is 12.1. The summed E-state index contributed by atoms with van der Waals surface area (Å²) in [6.07, 6.45) is 0.0325. The van der Waals surface area contributed by atoms with E-state index < -0.39 is 17.2 Å². The van der Waals surface area contributed by atoms with Crippen LogP contribution in [-0.2, 0) is 14.2 Å². The van der Waals surface area contributed by atoms with Crippen LogP contribution in [0, 0.1) is 10.1 Å². The Kier molecular flexibility index (Phi) is 7.34. The number of non-ortho nitro benzene ring substituents is 1. The highest BCUT2D eigenvalue weighted by Crippen LogP contribution is 2.13. The first kappa shape index (κ1) is 17.1. The van der Waals surface area contributed by atoms with Gasteiger partial charge in [0.15, 0.2) is 6.29 Å². The molecule has 21 heavy (non-hydrogen) atoms. The van der Waals surface area contributed by atoms with Crippen LogP contribution < -0.4 is 0 Å². The summed E-state index contributed by atoms with van der Waals surface area (Å²) < 4.78 is 15.7. The zero-order chi connectivity index (χ0) is 15.7. The smallest absolute Gasteiger partial charge is 0.338 e. The molecule has 0 amide bonds. The lowest BCUT2D eigenvalue weighted by Gasteiger charge is -2.16. The maximum Gasteiger partial charge on any atom is 0.338 e. The molecule has 116 valence electrons. The highest BCUT2D eigenvalue weighted by atomic mass is 16.7. The minimum atomic E-state index is -0.531. The second kappa shape index (κ2) is 9.04. The quantitative estimate of drug-likeness (QED) is 0.301. The summed E-state index contributed by atoms with van der Waals surface area (Å²) >= 11 is 0. The number of ether oxygens (including phenoxy) is 3. The summed E-state index contributed by atoms with van der Waals surface area (Å²) in [5, 5.41) is 10.5. The van der Waals surface area contributed by atoms with Crippen molar-refractivity contribution in [3.05, 3.63) is 39.9 Å². The highest BCUT2D eigenvalue weighted by Gasteiger charge is 2.13. The molecule has 0 radical (unpaired) electrons. The van der Waals surface area contributed by atoms with Crippen molar-refractivity contribution >= 4 is 11.7 Å². The Bertz CT molecular complexity index is 453. The summed E-state index contributed by atoms with van der Waals surface area (Å²) in [7, 11) is 0. The third-order valence-electron chi connectivity index (χ3n) is 2.61. The Hall–Kier alpha value is -1.99. The Balaban J connectivity index is 2.44. The second-order valence-corrected chi connectivity index (χ2v) is 4.07. The molecule has 0 fully saturated rings. The highest BCUT2D eigenvalue weighted by molar-refractivity contribution is 5.89. The summed E-state index contributed by atoms with van der Waals surface area (Å²) in [4.78, 5) is 21.7. The normalized spacial score (nSPS) is 10.6. The molecule has 1 aromatic rings. The van der Waals surface area contributed by atoms with Crippen LogP contribution in [0.2, 0.25) is 0 Å². The predicted octanol–water partition coefficient (Wildman–Crippen LogP) is 2.54. The van der Waals surface area contributed by atoms with Crippen molar-refractivity contribution in [3.8, 4) is 0 Å². The molecular formula is C14H19NO6. The van der Waals surface area contributed by atoms with Crippen molar-refractivity contribution in [2.75, 3.05) is 19.8 Å². The molecule has 0 saturated carbocycles. The van der Waals surface area contributed by atoms with Gasteiger partial charge in [0.25, 0.3) is 5.69 Å². The van der Waals surface area contributed by atoms with Gasteiger partial charge in [-0.05, 0) is 26.0 Å². The molecule has 1 rings (SSSR count). The summed E-state index contributed by atoms with van der Waals surface area (Å²) in [6.45, 7) is 4.90. The molecule has 0 atom stereocenters. The average molecular weight is 297 g/mol. The minimum absolute atomic E-state index is 0.0701. The molecule has 0 unspecified atom stereocenters. The number of nitro benzene ring substituents is 1. The maximum absolute atomic E-state index is 11.7. The number of carbonyl (C=O) groups excluding carboxylic acids is 1. The monoisotopic (exact) mass is 297 g/mol. The molecule has 0 aliphatic rings. The topological polar surface area (TPSA) is 87.9 Å². The first-order valence-corrected chi connectivity index (χ1v) is 6.73. The molecule has 0 heterocycles. The molecule has 0 aliphatic carbocycles. The van der Waals surface area contributed by atoms with E-state index in [1.165, 1.54) is 24.3 Å². The van der Waals surface area contributed by atoms with E-state index in [-0.39, 0.29) is 17.9 Å². The molecule has 1 aromatic carbocycles. The lowest BCUT2D eigenvalue weighted by Crippen LogP contribution is -2.20. The van der Waals surface area contributed by atoms with Crippen LogP contribution in [0.3, 0.4) is 0 Å². The lowest BCUT2D eigenvalue weighted by molar-refractivity contribution is -0.384. The Labute approximate surface area is 123 Å². The number of nitrogens with zero attached hydrogens (tertiary/aromatic N) is 1. The van der Waals surface area contributed by atoms with E-state index >= 15 is 0 Å². The number of benzene rings is 1. The van der Waals surface area contributed by atoms with Crippen LogP contribution in [0.1, 0.15) is 30.6 Å². The first-order chi connectivity index (χ1) is 10.1. The third-order valence-corrected chi connectivity index (χ3v) is 2.61. The largest absolute Gasteiger partial charge is 0.462 e. The van der Waals surface area contributed by atoms with Crippen molar-refractivity contribution in [3.63, 3.8) is 0 Å². The van der Waals surface area contributed by atoms with E-state index in [1.54, 1.807) is 0 Å². The predicted molar refractivity (Wildman–Crippen MR) is 75.0 cm³/mol. The molecule has 7 heteroatoms. The van der Waals surface area contributed by atoms with Crippen molar-refractivity contribution < 1.29 is 23.9 Å². The van der Waals surface area contributed by atoms with Gasteiger partial charge in [0.05, 0.1) is 17.1 Å². The minimum Gasteiger partial charge on any atom is -0.462 e. The van der Waals surface area contributed by atoms with Gasteiger partial charge in [-0.1, -0.05) is 0 Å². The third kappa shape index (κ3) is 5.88. The lowest BCUT2D eigenvalue weighted by atomic mass is 10.2. The van der Waals surface area contributed by atoms with Gasteiger partial charge in [-0.3, -0.25) is 10.1 Å². The average Bonchev–Trinajstić information content (AvgIpc) is 2.47. The SMILES string of the molecule is CCOC(CCOC(=O)c1ccc([N+](=O)[O-])cc1)OCC. The van der Waals surface area contributed by atoms with Gasteiger partial charge in [0.2, 0.25) is 0 Å². The van der Waals surface area contributed by atoms with Gasteiger partial charge in [-0.2, -0.15) is 0 Å². The molecule has 0 N–H and O–H groups in total. The van der Waals surface area contributed by atoms with Crippen LogP contribution in [0.5, 0.6) is 0 Å². The van der Waals surface area contributed by atoms with Gasteiger partial charge >= 0.3 is 5.97 Å². The fraction of sp³-hybridized carbons (Fsp3) is 0.500. The molecule has 7 nitrogen and oxygen atoms in total. The number of nitro groups is 1. The Morgan fingerprint density at radius 1 is 1.19 bits per heavy atom. The maximum atomic E-state index is 11.7. The van der Waals surface area contributed by atoms with Crippen molar-refractivity contribution in [1.29, 1.82) is 0 Å². The van der Waals surface area contributed by atoms with Crippen LogP contribution >= 0.6 is 0 Å². The standard InChI is InChI=1S/C14H19NO6/c1-3-19-13(20-4-2)9-10-21-14(16)11-5-7-12(8-6-11)15(17)18/h5-8,13H,3-4,9-10H2,1-2H3. The van der Waals surface area contributed by atoms with Crippen LogP contribution in [0.25, 0.3) is 0 Å². The number of carbonyl (C=O) groups is 1. The van der Waals surface area contributed by atoms with Crippen molar-refractivity contribution in [2.24, 2.45) is 0 Å². The fourth-order valence-electron chi connectivity index (χ4n) is 1.64. The summed E-state index contributed by atoms with van der Waals surface area (Å²) in [5.74, 6) is -0.531. The van der Waals surface area contributed by atoms with Crippen LogP contribution in [0.15, 0.2) is 24.3 Å². The number of rotatable bonds is 9. The van der Waals surface area contributed by atoms with Gasteiger partial charge in [-0.25, -0.2) is 4.79 Å². The molecule has 0 saturated heterocycles. The van der Waals surface area contributed by atoms with Crippen molar-refractivity contribution in [2.45, 2.75) is 26.6 Å². The van der Waals surface area contributed by atoms with Crippen LogP contribution in [0.4, 0.5) is 5.69 Å². The molecule has 0 bridgehead atoms. The molecular weight excluding hydrogens is 278 g/mol. The van der Waals surface area contributed by atoms with Gasteiger partial charge < -0.3 is 14.2 Å². The van der Waals surface area contributed by atoms with E-state index in [1.807, 2.05) is 13.8 Å².